The van der Waals surface area contributed by atoms with Crippen LogP contribution in [0, 0.1) is 0 Å². The number of hydrogen-bond acceptors (Lipinski definition) is 1. The zero-order valence-electron chi connectivity index (χ0n) is 16.2. The molecular formula is C27H17N3. The van der Waals surface area contributed by atoms with E-state index in [0.717, 1.165) is 16.7 Å². The lowest BCUT2D eigenvalue weighted by atomic mass is 10.0. The summed E-state index contributed by atoms with van der Waals surface area (Å²) in [6.07, 6.45) is 1.88. The van der Waals surface area contributed by atoms with Crippen LogP contribution in [0.2, 0.25) is 0 Å². The van der Waals surface area contributed by atoms with Crippen molar-refractivity contribution in [3.05, 3.63) is 103 Å². The van der Waals surface area contributed by atoms with E-state index in [2.05, 4.69) is 107 Å². The van der Waals surface area contributed by atoms with Gasteiger partial charge in [-0.1, -0.05) is 60.7 Å². The zero-order chi connectivity index (χ0) is 19.7. The second kappa shape index (κ2) is 5.71. The van der Waals surface area contributed by atoms with Crippen molar-refractivity contribution < 1.29 is 0 Å². The Labute approximate surface area is 172 Å². The summed E-state index contributed by atoms with van der Waals surface area (Å²) in [7, 11) is 0. The van der Waals surface area contributed by atoms with E-state index in [9.17, 15) is 0 Å². The van der Waals surface area contributed by atoms with Gasteiger partial charge in [-0.05, 0) is 41.8 Å². The van der Waals surface area contributed by atoms with E-state index in [1.165, 1.54) is 38.0 Å². The first-order valence-corrected chi connectivity index (χ1v) is 10.2. The fourth-order valence-corrected chi connectivity index (χ4v) is 4.90. The van der Waals surface area contributed by atoms with Crippen molar-refractivity contribution in [1.82, 2.24) is 14.2 Å². The van der Waals surface area contributed by atoms with Gasteiger partial charge in [-0.3, -0.25) is 0 Å². The van der Waals surface area contributed by atoms with Crippen molar-refractivity contribution in [3.63, 3.8) is 0 Å². The molecule has 30 heavy (non-hydrogen) atoms. The number of hydrogen-bond donors (Lipinski definition) is 0. The zero-order valence-corrected chi connectivity index (χ0v) is 16.2. The molecule has 3 heteroatoms. The minimum atomic E-state index is 1.12. The van der Waals surface area contributed by atoms with Crippen LogP contribution in [0.15, 0.2) is 103 Å². The molecular weight excluding hydrogens is 366 g/mol. The van der Waals surface area contributed by atoms with Crippen molar-refractivity contribution >= 4 is 49.0 Å². The summed E-state index contributed by atoms with van der Waals surface area (Å²) in [5.41, 5.74) is 5.88. The lowest BCUT2D eigenvalue weighted by Gasteiger charge is -2.12. The molecule has 140 valence electrons. The fourth-order valence-electron chi connectivity index (χ4n) is 4.90. The van der Waals surface area contributed by atoms with Gasteiger partial charge in [-0.25, -0.2) is 4.52 Å². The second-order valence-electron chi connectivity index (χ2n) is 7.74. The first-order valence-electron chi connectivity index (χ1n) is 10.2. The Morgan fingerprint density at radius 3 is 1.73 bits per heavy atom. The number of para-hydroxylation sites is 2. The number of fused-ring (bicyclic) bond motifs is 9. The molecule has 0 unspecified atom stereocenters. The predicted molar refractivity (Wildman–Crippen MR) is 125 cm³/mol. The first-order chi connectivity index (χ1) is 14.9. The number of benzene rings is 4. The highest BCUT2D eigenvalue weighted by Gasteiger charge is 2.14. The lowest BCUT2D eigenvalue weighted by molar-refractivity contribution is 1.01. The Morgan fingerprint density at radius 2 is 1.03 bits per heavy atom. The van der Waals surface area contributed by atoms with Crippen molar-refractivity contribution in [2.24, 2.45) is 0 Å². The van der Waals surface area contributed by atoms with Crippen molar-refractivity contribution in [2.45, 2.75) is 0 Å². The van der Waals surface area contributed by atoms with E-state index in [1.807, 2.05) is 10.7 Å². The molecule has 0 aliphatic heterocycles. The monoisotopic (exact) mass is 383 g/mol. The Morgan fingerprint density at radius 1 is 0.467 bits per heavy atom. The topological polar surface area (TPSA) is 22.2 Å². The third-order valence-corrected chi connectivity index (χ3v) is 6.18. The second-order valence-corrected chi connectivity index (χ2v) is 7.74. The van der Waals surface area contributed by atoms with Crippen molar-refractivity contribution in [2.75, 3.05) is 0 Å². The Bertz CT molecular complexity index is 1700. The fraction of sp³-hybridized carbons (Fsp3) is 0. The van der Waals surface area contributed by atoms with Gasteiger partial charge in [-0.15, -0.1) is 0 Å². The molecule has 0 spiro atoms. The van der Waals surface area contributed by atoms with E-state index < -0.39 is 0 Å². The molecule has 0 saturated carbocycles. The summed E-state index contributed by atoms with van der Waals surface area (Å²) in [4.78, 5) is 0. The van der Waals surface area contributed by atoms with Crippen LogP contribution in [-0.2, 0) is 0 Å². The minimum absolute atomic E-state index is 1.12. The molecule has 0 N–H and O–H groups in total. The summed E-state index contributed by atoms with van der Waals surface area (Å²) in [6, 6.07) is 34.7. The molecule has 0 radical (unpaired) electrons. The van der Waals surface area contributed by atoms with Gasteiger partial charge in [0.1, 0.15) is 0 Å². The third kappa shape index (κ3) is 1.96. The summed E-state index contributed by atoms with van der Waals surface area (Å²) in [5.74, 6) is 0. The van der Waals surface area contributed by atoms with Gasteiger partial charge in [-0.2, -0.15) is 5.10 Å². The third-order valence-electron chi connectivity index (χ3n) is 6.18. The molecule has 0 aliphatic carbocycles. The van der Waals surface area contributed by atoms with Crippen LogP contribution >= 0.6 is 0 Å². The molecule has 3 heterocycles. The van der Waals surface area contributed by atoms with E-state index in [4.69, 9.17) is 0 Å². The van der Waals surface area contributed by atoms with Crippen LogP contribution in [-0.4, -0.2) is 14.2 Å². The maximum Gasteiger partial charge on any atom is 0.0747 e. The number of pyridine rings is 1. The van der Waals surface area contributed by atoms with Crippen LogP contribution < -0.4 is 0 Å². The smallest absolute Gasteiger partial charge is 0.0747 e. The van der Waals surface area contributed by atoms with Crippen LogP contribution in [0.4, 0.5) is 0 Å². The first kappa shape index (κ1) is 15.8. The van der Waals surface area contributed by atoms with Gasteiger partial charge in [0.05, 0.1) is 28.3 Å². The Balaban J connectivity index is 1.66. The SMILES string of the molecule is c1ccc2c(c1)c1cc(-n3c4ccccc4c4ccccc43)ccc1n1nccc21. The Kier molecular flexibility index (Phi) is 3.00. The van der Waals surface area contributed by atoms with E-state index >= 15 is 0 Å². The highest BCUT2D eigenvalue weighted by Crippen LogP contribution is 2.35. The lowest BCUT2D eigenvalue weighted by Crippen LogP contribution is -1.97. The average Bonchev–Trinajstić information content (AvgIpc) is 3.42. The van der Waals surface area contributed by atoms with Gasteiger partial charge < -0.3 is 4.57 Å². The van der Waals surface area contributed by atoms with E-state index in [0.29, 0.717) is 0 Å². The molecule has 0 saturated heterocycles. The van der Waals surface area contributed by atoms with Crippen LogP contribution in [0.25, 0.3) is 54.7 Å². The van der Waals surface area contributed by atoms with E-state index in [1.54, 1.807) is 0 Å². The van der Waals surface area contributed by atoms with Gasteiger partial charge in [0.15, 0.2) is 0 Å². The molecule has 4 aromatic carbocycles. The van der Waals surface area contributed by atoms with Gasteiger partial charge in [0.25, 0.3) is 0 Å². The van der Waals surface area contributed by atoms with E-state index in [-0.39, 0.29) is 0 Å². The summed E-state index contributed by atoms with van der Waals surface area (Å²) < 4.78 is 4.42. The Hall–Kier alpha value is -4.11. The number of aromatic nitrogens is 3. The molecule has 0 amide bonds. The highest BCUT2D eigenvalue weighted by atomic mass is 15.2. The molecule has 3 nitrogen and oxygen atoms in total. The van der Waals surface area contributed by atoms with Gasteiger partial charge >= 0.3 is 0 Å². The molecule has 0 atom stereocenters. The summed E-state index contributed by atoms with van der Waals surface area (Å²) in [6.45, 7) is 0. The summed E-state index contributed by atoms with van der Waals surface area (Å²) >= 11 is 0. The maximum atomic E-state index is 4.60. The molecule has 7 aromatic rings. The van der Waals surface area contributed by atoms with Gasteiger partial charge in [0.2, 0.25) is 0 Å². The predicted octanol–water partition coefficient (Wildman–Crippen LogP) is 6.74. The normalized spacial score (nSPS) is 12.0. The molecule has 3 aromatic heterocycles. The van der Waals surface area contributed by atoms with Crippen LogP contribution in [0.5, 0.6) is 0 Å². The summed E-state index contributed by atoms with van der Waals surface area (Å²) in [5, 5.41) is 10.8. The quantitative estimate of drug-likeness (QED) is 0.288. The molecule has 7 rings (SSSR count). The minimum Gasteiger partial charge on any atom is -0.309 e. The van der Waals surface area contributed by atoms with Crippen molar-refractivity contribution in [1.29, 1.82) is 0 Å². The highest BCUT2D eigenvalue weighted by molar-refractivity contribution is 6.13. The molecule has 0 bridgehead atoms. The largest absolute Gasteiger partial charge is 0.309 e. The average molecular weight is 383 g/mol. The maximum absolute atomic E-state index is 4.60. The number of nitrogens with zero attached hydrogens (tertiary/aromatic N) is 3. The molecule has 0 fully saturated rings. The van der Waals surface area contributed by atoms with Crippen LogP contribution in [0.3, 0.4) is 0 Å². The number of rotatable bonds is 1. The van der Waals surface area contributed by atoms with Crippen molar-refractivity contribution in [3.8, 4) is 5.69 Å². The van der Waals surface area contributed by atoms with Gasteiger partial charge in [0, 0.05) is 27.2 Å². The standard InChI is InChI=1S/C27H17N3/c1-2-8-20-19(7-1)23-17-18(13-14-26(23)30-27(20)15-16-28-30)29-24-11-5-3-9-21(24)22-10-4-6-12-25(22)29/h1-17H. The van der Waals surface area contributed by atoms with Crippen LogP contribution in [0.1, 0.15) is 0 Å². The molecule has 0 aliphatic rings.